The maximum Gasteiger partial charge on any atom is 0.249 e. The predicted molar refractivity (Wildman–Crippen MR) is 145 cm³/mol. The molecule has 37 heavy (non-hydrogen) atoms. The molecule has 2 unspecified atom stereocenters. The lowest BCUT2D eigenvalue weighted by molar-refractivity contribution is 0.0384. The van der Waals surface area contributed by atoms with Crippen LogP contribution in [0.25, 0.3) is 0 Å². The Labute approximate surface area is 216 Å². The fourth-order valence-electron chi connectivity index (χ4n) is 5.18. The zero-order valence-corrected chi connectivity index (χ0v) is 21.0. The number of aromatic nitrogens is 2. The molecule has 1 fully saturated rings. The van der Waals surface area contributed by atoms with Gasteiger partial charge in [-0.2, -0.15) is 0 Å². The highest BCUT2D eigenvalue weighted by molar-refractivity contribution is 5.59. The number of morpholine rings is 1. The second-order valence-corrected chi connectivity index (χ2v) is 9.72. The third-order valence-corrected chi connectivity index (χ3v) is 7.05. The zero-order chi connectivity index (χ0) is 25.4. The van der Waals surface area contributed by atoms with Crippen molar-refractivity contribution in [1.82, 2.24) is 9.97 Å². The van der Waals surface area contributed by atoms with Gasteiger partial charge in [0, 0.05) is 60.0 Å². The van der Waals surface area contributed by atoms with Crippen LogP contribution in [0.15, 0.2) is 77.7 Å². The monoisotopic (exact) mass is 494 g/mol. The van der Waals surface area contributed by atoms with Gasteiger partial charge in [-0.25, -0.2) is 0 Å². The largest absolute Gasteiger partial charge is 0.456 e. The number of benzene rings is 2. The Bertz CT molecular complexity index is 1500. The summed E-state index contributed by atoms with van der Waals surface area (Å²) in [4.78, 5) is 21.4. The van der Waals surface area contributed by atoms with Crippen LogP contribution in [-0.2, 0) is 11.2 Å². The molecule has 4 heterocycles. The van der Waals surface area contributed by atoms with Gasteiger partial charge in [0.05, 0.1) is 18.3 Å². The molecule has 0 amide bonds. The number of anilines is 2. The van der Waals surface area contributed by atoms with Crippen LogP contribution in [0, 0.1) is 6.92 Å². The first kappa shape index (κ1) is 23.3. The first-order chi connectivity index (χ1) is 18.0. The number of hydrogen-bond acceptors (Lipinski definition) is 6. The second kappa shape index (κ2) is 9.75. The summed E-state index contributed by atoms with van der Waals surface area (Å²) in [5, 5.41) is 3.58. The van der Waals surface area contributed by atoms with Gasteiger partial charge < -0.3 is 24.7 Å². The molecule has 2 aromatic carbocycles. The fraction of sp³-hybridized carbons (Fsp3) is 0.267. The number of rotatable bonds is 5. The molecule has 7 heteroatoms. The van der Waals surface area contributed by atoms with Gasteiger partial charge in [0.1, 0.15) is 17.6 Å². The Morgan fingerprint density at radius 1 is 1.08 bits per heavy atom. The molecule has 2 aliphatic heterocycles. The van der Waals surface area contributed by atoms with Gasteiger partial charge in [0.25, 0.3) is 0 Å². The topological polar surface area (TPSA) is 79.5 Å². The van der Waals surface area contributed by atoms with E-state index in [9.17, 15) is 4.79 Å². The zero-order valence-electron chi connectivity index (χ0n) is 21.0. The average molecular weight is 495 g/mol. The Morgan fingerprint density at radius 2 is 1.97 bits per heavy atom. The van der Waals surface area contributed by atoms with E-state index in [4.69, 9.17) is 9.47 Å². The molecule has 2 aliphatic rings. The van der Waals surface area contributed by atoms with Crippen LogP contribution in [0.3, 0.4) is 0 Å². The third kappa shape index (κ3) is 4.82. The number of para-hydroxylation sites is 1. The molecule has 1 saturated heterocycles. The van der Waals surface area contributed by atoms with Gasteiger partial charge in [0.2, 0.25) is 5.56 Å². The summed E-state index contributed by atoms with van der Waals surface area (Å²) < 4.78 is 12.7. The molecule has 0 spiro atoms. The first-order valence-corrected chi connectivity index (χ1v) is 12.7. The number of hydrogen-bond donors (Lipinski definition) is 2. The van der Waals surface area contributed by atoms with Crippen LogP contribution >= 0.6 is 0 Å². The summed E-state index contributed by atoms with van der Waals surface area (Å²) in [6.45, 7) is 6.12. The Balaban J connectivity index is 1.22. The van der Waals surface area contributed by atoms with Crippen LogP contribution < -0.4 is 20.5 Å². The smallest absolute Gasteiger partial charge is 0.249 e. The van der Waals surface area contributed by atoms with E-state index in [1.807, 2.05) is 37.3 Å². The van der Waals surface area contributed by atoms with Crippen LogP contribution in [0.4, 0.5) is 11.4 Å². The summed E-state index contributed by atoms with van der Waals surface area (Å²) in [6, 6.07) is 22.3. The third-order valence-electron chi connectivity index (χ3n) is 7.05. The molecule has 4 aromatic rings. The van der Waals surface area contributed by atoms with E-state index in [1.165, 1.54) is 0 Å². The molecule has 6 rings (SSSR count). The number of ether oxygens (including phenoxy) is 2. The quantitative estimate of drug-likeness (QED) is 0.335. The fourth-order valence-corrected chi connectivity index (χ4v) is 5.18. The van der Waals surface area contributed by atoms with Crippen LogP contribution in [0.2, 0.25) is 0 Å². The molecule has 2 aromatic heterocycles. The predicted octanol–water partition coefficient (Wildman–Crippen LogP) is 5.53. The normalized spacial score (nSPS) is 17.4. The molecular weight excluding hydrogens is 464 g/mol. The highest BCUT2D eigenvalue weighted by atomic mass is 16.5. The van der Waals surface area contributed by atoms with E-state index < -0.39 is 0 Å². The van der Waals surface area contributed by atoms with Gasteiger partial charge in [-0.3, -0.25) is 9.78 Å². The van der Waals surface area contributed by atoms with Crippen molar-refractivity contribution in [3.05, 3.63) is 111 Å². The summed E-state index contributed by atoms with van der Waals surface area (Å²) in [5.74, 6) is 1.75. The van der Waals surface area contributed by atoms with Crippen LogP contribution in [0.1, 0.15) is 47.1 Å². The molecule has 188 valence electrons. The lowest BCUT2D eigenvalue weighted by atomic mass is 9.95. The molecule has 0 bridgehead atoms. The van der Waals surface area contributed by atoms with E-state index in [-0.39, 0.29) is 17.7 Å². The van der Waals surface area contributed by atoms with E-state index in [0.29, 0.717) is 13.2 Å². The maximum atomic E-state index is 11.8. The maximum absolute atomic E-state index is 11.8. The van der Waals surface area contributed by atoms with Crippen LogP contribution in [0.5, 0.6) is 11.5 Å². The lowest BCUT2D eigenvalue weighted by Crippen LogP contribution is -2.39. The van der Waals surface area contributed by atoms with Gasteiger partial charge in [-0.1, -0.05) is 24.3 Å². The van der Waals surface area contributed by atoms with Crippen molar-refractivity contribution in [2.45, 2.75) is 32.4 Å². The number of nitrogens with one attached hydrogen (secondary N) is 2. The summed E-state index contributed by atoms with van der Waals surface area (Å²) in [7, 11) is 0. The van der Waals surface area contributed by atoms with E-state index in [0.717, 1.165) is 63.9 Å². The molecule has 0 saturated carbocycles. The van der Waals surface area contributed by atoms with E-state index >= 15 is 0 Å². The minimum absolute atomic E-state index is 0.0907. The van der Waals surface area contributed by atoms with Gasteiger partial charge in [-0.15, -0.1) is 0 Å². The molecule has 2 N–H and O–H groups in total. The van der Waals surface area contributed by atoms with Crippen molar-refractivity contribution in [2.75, 3.05) is 29.9 Å². The van der Waals surface area contributed by atoms with Gasteiger partial charge in [-0.05, 0) is 55.8 Å². The van der Waals surface area contributed by atoms with Crippen molar-refractivity contribution in [3.8, 4) is 11.5 Å². The summed E-state index contributed by atoms with van der Waals surface area (Å²) in [6.07, 6.45) is 2.33. The minimum atomic E-state index is -0.145. The van der Waals surface area contributed by atoms with E-state index in [1.54, 1.807) is 12.3 Å². The molecular formula is C30H30N4O3. The highest BCUT2D eigenvalue weighted by Gasteiger charge is 2.29. The van der Waals surface area contributed by atoms with Crippen molar-refractivity contribution in [2.24, 2.45) is 0 Å². The second-order valence-electron chi connectivity index (χ2n) is 9.72. The Kier molecular flexibility index (Phi) is 6.14. The van der Waals surface area contributed by atoms with Crippen molar-refractivity contribution >= 4 is 11.4 Å². The van der Waals surface area contributed by atoms with Gasteiger partial charge in [0.15, 0.2) is 0 Å². The molecule has 7 nitrogen and oxygen atoms in total. The summed E-state index contributed by atoms with van der Waals surface area (Å²) >= 11 is 0. The van der Waals surface area contributed by atoms with Crippen molar-refractivity contribution in [1.29, 1.82) is 0 Å². The summed E-state index contributed by atoms with van der Waals surface area (Å²) in [5.41, 5.74) is 7.21. The van der Waals surface area contributed by atoms with Crippen LogP contribution in [-0.4, -0.2) is 29.7 Å². The van der Waals surface area contributed by atoms with Crippen molar-refractivity contribution in [3.63, 3.8) is 0 Å². The molecule has 0 aliphatic carbocycles. The van der Waals surface area contributed by atoms with Gasteiger partial charge >= 0.3 is 0 Å². The lowest BCUT2D eigenvalue weighted by Gasteiger charge is -2.36. The number of H-pyrrole nitrogens is 1. The standard InChI is InChI=1S/C30H30N4O3/c1-19-5-3-8-26(32-19)20(2)33-23-9-10-27-22(16-23)15-21-6-4-7-25(30(21)37-27)28-18-34(13-14-36-28)24-11-12-31-29(35)17-24/h3-12,16-17,20,28,33H,13-15,18H2,1-2H3,(H,31,35). The number of nitrogens with zero attached hydrogens (tertiary/aromatic N) is 2. The van der Waals surface area contributed by atoms with E-state index in [2.05, 4.69) is 57.4 Å². The first-order valence-electron chi connectivity index (χ1n) is 12.7. The highest BCUT2D eigenvalue weighted by Crippen LogP contribution is 2.43. The minimum Gasteiger partial charge on any atom is -0.456 e. The number of pyridine rings is 2. The Morgan fingerprint density at radius 3 is 2.84 bits per heavy atom. The molecule has 0 radical (unpaired) electrons. The van der Waals surface area contributed by atoms with Crippen molar-refractivity contribution < 1.29 is 9.47 Å². The molecule has 2 atom stereocenters. The number of fused-ring (bicyclic) bond motifs is 2. The number of aryl methyl sites for hydroxylation is 1. The average Bonchev–Trinajstić information content (AvgIpc) is 2.91. The number of aromatic amines is 1. The Hall–Kier alpha value is -4.10. The SMILES string of the molecule is Cc1cccc(C(C)Nc2ccc3c(c2)Cc2cccc(C4CN(c5cc[nH]c(=O)c5)CCO4)c2O3)n1.